The summed E-state index contributed by atoms with van der Waals surface area (Å²) < 4.78 is 6.89. The molecule has 7 nitrogen and oxygen atoms in total. The number of amides is 1. The van der Waals surface area contributed by atoms with Crippen LogP contribution in [0.1, 0.15) is 25.6 Å². The van der Waals surface area contributed by atoms with Crippen LogP contribution in [0.15, 0.2) is 29.4 Å². The van der Waals surface area contributed by atoms with Gasteiger partial charge in [0.05, 0.1) is 17.9 Å². The van der Waals surface area contributed by atoms with Crippen LogP contribution < -0.4 is 5.32 Å². The molecule has 2 heterocycles. The number of hydrogen-bond acceptors (Lipinski definition) is 6. The quantitative estimate of drug-likeness (QED) is 0.515. The Morgan fingerprint density at radius 2 is 2.12 bits per heavy atom. The van der Waals surface area contributed by atoms with Gasteiger partial charge >= 0.3 is 0 Å². The lowest BCUT2D eigenvalue weighted by Crippen LogP contribution is -2.28. The van der Waals surface area contributed by atoms with E-state index in [0.29, 0.717) is 18.3 Å². The zero-order chi connectivity index (χ0) is 17.8. The second-order valence-electron chi connectivity index (χ2n) is 5.91. The van der Waals surface area contributed by atoms with Crippen molar-refractivity contribution in [1.82, 2.24) is 24.9 Å². The predicted octanol–water partition coefficient (Wildman–Crippen LogP) is 2.26. The zero-order valence-corrected chi connectivity index (χ0v) is 15.3. The van der Waals surface area contributed by atoms with Crippen molar-refractivity contribution in [3.05, 3.63) is 30.1 Å². The van der Waals surface area contributed by atoms with Crippen molar-refractivity contribution in [2.24, 2.45) is 0 Å². The lowest BCUT2D eigenvalue weighted by atomic mass is 10.2. The van der Waals surface area contributed by atoms with Gasteiger partial charge in [0.1, 0.15) is 5.82 Å². The minimum Gasteiger partial charge on any atom is -0.383 e. The molecule has 1 amide bonds. The summed E-state index contributed by atoms with van der Waals surface area (Å²) in [5, 5.41) is 13.1. The summed E-state index contributed by atoms with van der Waals surface area (Å²) in [5.41, 5.74) is 1.68. The molecule has 0 fully saturated rings. The second-order valence-corrected chi connectivity index (χ2v) is 6.86. The van der Waals surface area contributed by atoms with Crippen LogP contribution >= 0.6 is 11.8 Å². The summed E-state index contributed by atoms with van der Waals surface area (Å²) in [6, 6.07) is 7.89. The number of carbonyl (C=O) groups excluding carboxylic acids is 1. The van der Waals surface area contributed by atoms with E-state index in [1.165, 1.54) is 11.8 Å². The SMILES string of the molecule is COCCNC(=O)CSc1nnc2c3ccccc3nc(C(C)C)n12. The fourth-order valence-corrected chi connectivity index (χ4v) is 3.31. The van der Waals surface area contributed by atoms with Gasteiger partial charge in [-0.05, 0) is 12.1 Å². The minimum atomic E-state index is -0.0568. The normalized spacial score (nSPS) is 11.5. The largest absolute Gasteiger partial charge is 0.383 e. The maximum Gasteiger partial charge on any atom is 0.230 e. The smallest absolute Gasteiger partial charge is 0.230 e. The molecule has 1 aromatic carbocycles. The molecule has 0 atom stereocenters. The zero-order valence-electron chi connectivity index (χ0n) is 14.5. The van der Waals surface area contributed by atoms with Crippen LogP contribution in [0.4, 0.5) is 0 Å². The number of rotatable bonds is 7. The van der Waals surface area contributed by atoms with Crippen molar-refractivity contribution in [2.45, 2.75) is 24.9 Å². The monoisotopic (exact) mass is 359 g/mol. The minimum absolute atomic E-state index is 0.0568. The van der Waals surface area contributed by atoms with E-state index in [9.17, 15) is 4.79 Å². The third kappa shape index (κ3) is 3.74. The molecule has 0 saturated heterocycles. The molecule has 25 heavy (non-hydrogen) atoms. The molecule has 8 heteroatoms. The van der Waals surface area contributed by atoms with E-state index >= 15 is 0 Å². The number of methoxy groups -OCH3 is 1. The Hall–Kier alpha value is -2.19. The molecule has 0 saturated carbocycles. The summed E-state index contributed by atoms with van der Waals surface area (Å²) >= 11 is 1.36. The number of hydrogen-bond donors (Lipinski definition) is 1. The number of aromatic nitrogens is 4. The number of benzene rings is 1. The summed E-state index contributed by atoms with van der Waals surface area (Å²) in [6.45, 7) is 5.17. The van der Waals surface area contributed by atoms with Crippen LogP contribution in [0.25, 0.3) is 16.6 Å². The van der Waals surface area contributed by atoms with E-state index in [2.05, 4.69) is 29.4 Å². The maximum absolute atomic E-state index is 11.9. The number of thioether (sulfide) groups is 1. The lowest BCUT2D eigenvalue weighted by Gasteiger charge is -2.11. The van der Waals surface area contributed by atoms with Crippen LogP contribution in [0.2, 0.25) is 0 Å². The van der Waals surface area contributed by atoms with Gasteiger partial charge in [0.15, 0.2) is 10.8 Å². The van der Waals surface area contributed by atoms with Gasteiger partial charge in [0.2, 0.25) is 5.91 Å². The summed E-state index contributed by atoms with van der Waals surface area (Å²) in [5.74, 6) is 1.31. The standard InChI is InChI=1S/C17H21N5O2S/c1-11(2)15-19-13-7-5-4-6-12(13)16-20-21-17(22(15)16)25-10-14(23)18-8-9-24-3/h4-7,11H,8-10H2,1-3H3,(H,18,23). The highest BCUT2D eigenvalue weighted by atomic mass is 32.2. The fourth-order valence-electron chi connectivity index (χ4n) is 2.54. The van der Waals surface area contributed by atoms with Crippen LogP contribution in [0, 0.1) is 0 Å². The molecule has 3 rings (SSSR count). The highest BCUT2D eigenvalue weighted by molar-refractivity contribution is 7.99. The first kappa shape index (κ1) is 17.6. The van der Waals surface area contributed by atoms with E-state index in [0.717, 1.165) is 22.4 Å². The molecule has 0 radical (unpaired) electrons. The Labute approximate surface area is 150 Å². The second kappa shape index (κ2) is 7.79. The number of carbonyl (C=O) groups is 1. The fraction of sp³-hybridized carbons (Fsp3) is 0.412. The summed E-state index contributed by atoms with van der Waals surface area (Å²) in [4.78, 5) is 16.7. The first-order valence-electron chi connectivity index (χ1n) is 8.14. The highest BCUT2D eigenvalue weighted by Crippen LogP contribution is 2.26. The van der Waals surface area contributed by atoms with E-state index in [-0.39, 0.29) is 17.6 Å². The Morgan fingerprint density at radius 1 is 1.32 bits per heavy atom. The average molecular weight is 359 g/mol. The molecule has 1 N–H and O–H groups in total. The van der Waals surface area contributed by atoms with Gasteiger partial charge in [-0.1, -0.05) is 37.7 Å². The number of fused-ring (bicyclic) bond motifs is 3. The van der Waals surface area contributed by atoms with E-state index in [1.807, 2.05) is 28.7 Å². The Morgan fingerprint density at radius 3 is 2.88 bits per heavy atom. The molecule has 0 aliphatic carbocycles. The van der Waals surface area contributed by atoms with Crippen LogP contribution in [-0.4, -0.2) is 51.5 Å². The van der Waals surface area contributed by atoms with Crippen molar-refractivity contribution >= 4 is 34.2 Å². The van der Waals surface area contributed by atoms with E-state index in [4.69, 9.17) is 9.72 Å². The van der Waals surface area contributed by atoms with E-state index in [1.54, 1.807) is 7.11 Å². The van der Waals surface area contributed by atoms with Crippen molar-refractivity contribution in [1.29, 1.82) is 0 Å². The third-order valence-electron chi connectivity index (χ3n) is 3.72. The average Bonchev–Trinajstić information content (AvgIpc) is 3.03. The topological polar surface area (TPSA) is 81.4 Å². The molecule has 2 aromatic heterocycles. The number of nitrogens with zero attached hydrogens (tertiary/aromatic N) is 4. The van der Waals surface area contributed by atoms with Crippen molar-refractivity contribution < 1.29 is 9.53 Å². The van der Waals surface area contributed by atoms with Crippen LogP contribution in [0.5, 0.6) is 0 Å². The van der Waals surface area contributed by atoms with Gasteiger partial charge in [0.25, 0.3) is 0 Å². The van der Waals surface area contributed by atoms with Gasteiger partial charge < -0.3 is 10.1 Å². The van der Waals surface area contributed by atoms with Crippen LogP contribution in [0.3, 0.4) is 0 Å². The van der Waals surface area contributed by atoms with Gasteiger partial charge in [0, 0.05) is 25.0 Å². The molecular weight excluding hydrogens is 338 g/mol. The first-order valence-corrected chi connectivity index (χ1v) is 9.12. The van der Waals surface area contributed by atoms with Gasteiger partial charge in [-0.3, -0.25) is 9.20 Å². The van der Waals surface area contributed by atoms with Gasteiger partial charge in [-0.2, -0.15) is 0 Å². The molecule has 0 spiro atoms. The maximum atomic E-state index is 11.9. The number of para-hydroxylation sites is 1. The molecule has 0 bridgehead atoms. The number of nitrogens with one attached hydrogen (secondary N) is 1. The third-order valence-corrected chi connectivity index (χ3v) is 4.65. The van der Waals surface area contributed by atoms with Crippen LogP contribution in [-0.2, 0) is 9.53 Å². The summed E-state index contributed by atoms with van der Waals surface area (Å²) in [7, 11) is 1.61. The molecule has 3 aromatic rings. The van der Waals surface area contributed by atoms with Gasteiger partial charge in [-0.15, -0.1) is 10.2 Å². The molecule has 0 aliphatic rings. The Kier molecular flexibility index (Phi) is 5.50. The highest BCUT2D eigenvalue weighted by Gasteiger charge is 2.17. The summed E-state index contributed by atoms with van der Waals surface area (Å²) in [6.07, 6.45) is 0. The molecule has 132 valence electrons. The predicted molar refractivity (Wildman–Crippen MR) is 98.0 cm³/mol. The van der Waals surface area contributed by atoms with Gasteiger partial charge in [-0.25, -0.2) is 4.98 Å². The molecular formula is C17H21N5O2S. The molecule has 0 unspecified atom stereocenters. The Bertz CT molecular complexity index is 893. The van der Waals surface area contributed by atoms with Crippen molar-refractivity contribution in [3.63, 3.8) is 0 Å². The lowest BCUT2D eigenvalue weighted by molar-refractivity contribution is -0.118. The van der Waals surface area contributed by atoms with E-state index < -0.39 is 0 Å². The van der Waals surface area contributed by atoms with Crippen molar-refractivity contribution in [2.75, 3.05) is 26.0 Å². The van der Waals surface area contributed by atoms with Crippen molar-refractivity contribution in [3.8, 4) is 0 Å². The first-order chi connectivity index (χ1) is 12.1. The Balaban J connectivity index is 1.91. The molecule has 0 aliphatic heterocycles. The number of ether oxygens (including phenoxy) is 1.